The Balaban J connectivity index is 2.12. The molecule has 0 spiro atoms. The van der Waals surface area contributed by atoms with Crippen LogP contribution in [0.15, 0.2) is 29.4 Å². The van der Waals surface area contributed by atoms with E-state index in [2.05, 4.69) is 5.10 Å². The molecule has 0 saturated carbocycles. The maximum Gasteiger partial charge on any atom is 0.250 e. The SMILES string of the molecule is Cc1cccc(CN2N=C(N)CC2=O)c1. The van der Waals surface area contributed by atoms with Crippen LogP contribution in [0.25, 0.3) is 0 Å². The number of amides is 1. The van der Waals surface area contributed by atoms with Crippen molar-refractivity contribution in [2.24, 2.45) is 10.8 Å². The Hall–Kier alpha value is -1.84. The predicted molar refractivity (Wildman–Crippen MR) is 58.0 cm³/mol. The maximum absolute atomic E-state index is 11.4. The summed E-state index contributed by atoms with van der Waals surface area (Å²) in [5.41, 5.74) is 7.73. The fourth-order valence-electron chi connectivity index (χ4n) is 1.60. The Kier molecular flexibility index (Phi) is 2.41. The van der Waals surface area contributed by atoms with Gasteiger partial charge >= 0.3 is 0 Å². The minimum atomic E-state index is -0.0333. The molecule has 0 radical (unpaired) electrons. The van der Waals surface area contributed by atoms with Gasteiger partial charge < -0.3 is 5.73 Å². The first-order valence-corrected chi connectivity index (χ1v) is 4.84. The molecule has 1 aromatic rings. The molecule has 4 heteroatoms. The van der Waals surface area contributed by atoms with Gasteiger partial charge in [-0.2, -0.15) is 5.10 Å². The van der Waals surface area contributed by atoms with Crippen LogP contribution in [-0.4, -0.2) is 16.8 Å². The lowest BCUT2D eigenvalue weighted by Gasteiger charge is -2.11. The van der Waals surface area contributed by atoms with Crippen LogP contribution in [-0.2, 0) is 11.3 Å². The van der Waals surface area contributed by atoms with Crippen LogP contribution in [0.3, 0.4) is 0 Å². The number of hydrogen-bond acceptors (Lipinski definition) is 3. The Morgan fingerprint density at radius 1 is 1.53 bits per heavy atom. The number of carbonyl (C=O) groups excluding carboxylic acids is 1. The summed E-state index contributed by atoms with van der Waals surface area (Å²) in [6, 6.07) is 8.01. The summed E-state index contributed by atoms with van der Waals surface area (Å²) in [7, 11) is 0. The third kappa shape index (κ3) is 2.15. The van der Waals surface area contributed by atoms with Crippen molar-refractivity contribution in [3.63, 3.8) is 0 Å². The molecule has 1 heterocycles. The Bertz CT molecular complexity index is 426. The summed E-state index contributed by atoms with van der Waals surface area (Å²) >= 11 is 0. The molecule has 1 aliphatic rings. The molecule has 2 N–H and O–H groups in total. The summed E-state index contributed by atoms with van der Waals surface area (Å²) < 4.78 is 0. The Labute approximate surface area is 88.4 Å². The monoisotopic (exact) mass is 203 g/mol. The van der Waals surface area contributed by atoms with Gasteiger partial charge in [-0.05, 0) is 12.5 Å². The van der Waals surface area contributed by atoms with Crippen molar-refractivity contribution in [3.05, 3.63) is 35.4 Å². The van der Waals surface area contributed by atoms with Gasteiger partial charge in [0, 0.05) is 0 Å². The van der Waals surface area contributed by atoms with Gasteiger partial charge in [0.05, 0.1) is 13.0 Å². The van der Waals surface area contributed by atoms with Gasteiger partial charge in [0.1, 0.15) is 5.84 Å². The van der Waals surface area contributed by atoms with Gasteiger partial charge in [-0.25, -0.2) is 5.01 Å². The molecule has 1 aliphatic heterocycles. The third-order valence-corrected chi connectivity index (χ3v) is 2.28. The van der Waals surface area contributed by atoms with Gasteiger partial charge in [0.25, 0.3) is 5.91 Å². The zero-order chi connectivity index (χ0) is 10.8. The van der Waals surface area contributed by atoms with Crippen molar-refractivity contribution < 1.29 is 4.79 Å². The minimum Gasteiger partial charge on any atom is -0.385 e. The van der Waals surface area contributed by atoms with Gasteiger partial charge in [-0.15, -0.1) is 0 Å². The van der Waals surface area contributed by atoms with Crippen LogP contribution in [0, 0.1) is 6.92 Å². The van der Waals surface area contributed by atoms with Gasteiger partial charge in [-0.1, -0.05) is 29.8 Å². The smallest absolute Gasteiger partial charge is 0.250 e. The van der Waals surface area contributed by atoms with Crippen LogP contribution < -0.4 is 5.73 Å². The Morgan fingerprint density at radius 3 is 2.93 bits per heavy atom. The highest BCUT2D eigenvalue weighted by Crippen LogP contribution is 2.12. The molecule has 0 atom stereocenters. The molecule has 0 fully saturated rings. The van der Waals surface area contributed by atoms with E-state index in [1.807, 2.05) is 31.2 Å². The summed E-state index contributed by atoms with van der Waals surface area (Å²) in [5, 5.41) is 5.39. The van der Waals surface area contributed by atoms with Crippen LogP contribution in [0.4, 0.5) is 0 Å². The second kappa shape index (κ2) is 3.73. The van der Waals surface area contributed by atoms with Crippen molar-refractivity contribution in [2.45, 2.75) is 19.9 Å². The molecule has 0 aromatic heterocycles. The molecule has 2 rings (SSSR count). The number of hydrazone groups is 1. The topological polar surface area (TPSA) is 58.7 Å². The maximum atomic E-state index is 11.4. The van der Waals surface area contributed by atoms with Crippen LogP contribution in [0.1, 0.15) is 17.5 Å². The normalized spacial score (nSPS) is 15.7. The van der Waals surface area contributed by atoms with Gasteiger partial charge in [-0.3, -0.25) is 4.79 Å². The standard InChI is InChI=1S/C11H13N3O/c1-8-3-2-4-9(5-8)7-14-11(15)6-10(12)13-14/h2-5H,6-7H2,1H3,(H2,12,13). The summed E-state index contributed by atoms with van der Waals surface area (Å²) in [4.78, 5) is 11.4. The summed E-state index contributed by atoms with van der Waals surface area (Å²) in [5.74, 6) is 0.363. The molecule has 78 valence electrons. The van der Waals surface area contributed by atoms with Crippen molar-refractivity contribution in [1.82, 2.24) is 5.01 Å². The van der Waals surface area contributed by atoms with E-state index in [1.54, 1.807) is 0 Å². The largest absolute Gasteiger partial charge is 0.385 e. The second-order valence-corrected chi connectivity index (χ2v) is 3.71. The van der Waals surface area contributed by atoms with Crippen LogP contribution >= 0.6 is 0 Å². The van der Waals surface area contributed by atoms with E-state index in [-0.39, 0.29) is 12.3 Å². The third-order valence-electron chi connectivity index (χ3n) is 2.28. The highest BCUT2D eigenvalue weighted by Gasteiger charge is 2.21. The lowest BCUT2D eigenvalue weighted by atomic mass is 10.1. The van der Waals surface area contributed by atoms with E-state index in [0.717, 1.165) is 5.56 Å². The number of hydrogen-bond donors (Lipinski definition) is 1. The summed E-state index contributed by atoms with van der Waals surface area (Å²) in [6.07, 6.45) is 0.242. The van der Waals surface area contributed by atoms with Crippen molar-refractivity contribution in [1.29, 1.82) is 0 Å². The van der Waals surface area contributed by atoms with Crippen molar-refractivity contribution in [2.75, 3.05) is 0 Å². The van der Waals surface area contributed by atoms with E-state index >= 15 is 0 Å². The fourth-order valence-corrected chi connectivity index (χ4v) is 1.60. The first-order valence-electron chi connectivity index (χ1n) is 4.84. The molecule has 15 heavy (non-hydrogen) atoms. The molecule has 0 bridgehead atoms. The molecular formula is C11H13N3O. The zero-order valence-corrected chi connectivity index (χ0v) is 8.60. The molecule has 0 unspecified atom stereocenters. The number of carbonyl (C=O) groups is 1. The number of benzene rings is 1. The van der Waals surface area contributed by atoms with Gasteiger partial charge in [0.2, 0.25) is 0 Å². The first-order chi connectivity index (χ1) is 7.15. The lowest BCUT2D eigenvalue weighted by molar-refractivity contribution is -0.129. The number of rotatable bonds is 2. The number of aryl methyl sites for hydroxylation is 1. The highest BCUT2D eigenvalue weighted by atomic mass is 16.2. The fraction of sp³-hybridized carbons (Fsp3) is 0.273. The van der Waals surface area contributed by atoms with Crippen molar-refractivity contribution in [3.8, 4) is 0 Å². The quantitative estimate of drug-likeness (QED) is 0.779. The Morgan fingerprint density at radius 2 is 2.33 bits per heavy atom. The van der Waals surface area contributed by atoms with E-state index in [0.29, 0.717) is 12.4 Å². The molecule has 4 nitrogen and oxygen atoms in total. The highest BCUT2D eigenvalue weighted by molar-refractivity contribution is 6.02. The van der Waals surface area contributed by atoms with Crippen LogP contribution in [0.5, 0.6) is 0 Å². The van der Waals surface area contributed by atoms with E-state index < -0.39 is 0 Å². The van der Waals surface area contributed by atoms with E-state index in [9.17, 15) is 4.79 Å². The van der Waals surface area contributed by atoms with E-state index in [1.165, 1.54) is 10.6 Å². The number of nitrogens with two attached hydrogens (primary N) is 1. The number of amidine groups is 1. The summed E-state index contributed by atoms with van der Waals surface area (Å²) in [6.45, 7) is 2.52. The molecular weight excluding hydrogens is 190 g/mol. The van der Waals surface area contributed by atoms with Crippen LogP contribution in [0.2, 0.25) is 0 Å². The van der Waals surface area contributed by atoms with Crippen molar-refractivity contribution >= 4 is 11.7 Å². The molecule has 0 saturated heterocycles. The average Bonchev–Trinajstić information content (AvgIpc) is 2.45. The number of nitrogens with zero attached hydrogens (tertiary/aromatic N) is 2. The molecule has 1 aromatic carbocycles. The lowest BCUT2D eigenvalue weighted by Crippen LogP contribution is -2.20. The van der Waals surface area contributed by atoms with Gasteiger partial charge in [0.15, 0.2) is 0 Å². The average molecular weight is 203 g/mol. The minimum absolute atomic E-state index is 0.0333. The predicted octanol–water partition coefficient (Wildman–Crippen LogP) is 1.000. The second-order valence-electron chi connectivity index (χ2n) is 3.71. The van der Waals surface area contributed by atoms with E-state index in [4.69, 9.17) is 5.73 Å². The first kappa shape index (κ1) is 9.71. The molecule has 0 aliphatic carbocycles. The zero-order valence-electron chi connectivity index (χ0n) is 8.60. The molecule has 1 amide bonds.